The molecule has 0 aromatic heterocycles. The lowest BCUT2D eigenvalue weighted by Gasteiger charge is -2.19. The lowest BCUT2D eigenvalue weighted by Crippen LogP contribution is -2.34. The summed E-state index contributed by atoms with van der Waals surface area (Å²) in [6.07, 6.45) is -2.87. The summed E-state index contributed by atoms with van der Waals surface area (Å²) in [4.78, 5) is 13.9. The lowest BCUT2D eigenvalue weighted by atomic mass is 10.1. The van der Waals surface area contributed by atoms with E-state index in [4.69, 9.17) is 0 Å². The fourth-order valence-electron chi connectivity index (χ4n) is 2.36. The fourth-order valence-corrected chi connectivity index (χ4v) is 2.36. The molecule has 0 atom stereocenters. The third-order valence-electron chi connectivity index (χ3n) is 3.48. The monoisotopic (exact) mass is 352 g/mol. The first kappa shape index (κ1) is 19.6. The number of hydrogen-bond acceptors (Lipinski definition) is 3. The number of halogens is 4. The normalized spacial score (nSPS) is 15.5. The third kappa shape index (κ3) is 7.09. The highest BCUT2D eigenvalue weighted by molar-refractivity contribution is 5.85. The van der Waals surface area contributed by atoms with Crippen molar-refractivity contribution in [3.8, 4) is 5.75 Å². The topological polar surface area (TPSA) is 41.6 Å². The number of benzene rings is 1. The van der Waals surface area contributed by atoms with Crippen LogP contribution in [0.1, 0.15) is 18.4 Å². The van der Waals surface area contributed by atoms with Gasteiger partial charge in [-0.3, -0.25) is 4.79 Å². The van der Waals surface area contributed by atoms with E-state index in [2.05, 4.69) is 10.1 Å². The smallest absolute Gasteiger partial charge is 0.406 e. The van der Waals surface area contributed by atoms with Crippen LogP contribution in [0.25, 0.3) is 0 Å². The molecule has 23 heavy (non-hydrogen) atoms. The van der Waals surface area contributed by atoms with Gasteiger partial charge >= 0.3 is 6.36 Å². The molecule has 0 radical (unpaired) electrons. The summed E-state index contributed by atoms with van der Waals surface area (Å²) in [5.74, 6) is -0.166. The Morgan fingerprint density at radius 1 is 1.17 bits per heavy atom. The number of carbonyl (C=O) groups excluding carboxylic acids is 1. The molecule has 130 valence electrons. The Morgan fingerprint density at radius 2 is 1.87 bits per heavy atom. The second kappa shape index (κ2) is 8.98. The highest BCUT2D eigenvalue weighted by Crippen LogP contribution is 2.23. The molecule has 0 unspecified atom stereocenters. The van der Waals surface area contributed by atoms with Crippen molar-refractivity contribution in [1.29, 1.82) is 0 Å². The van der Waals surface area contributed by atoms with Crippen LogP contribution in [0.2, 0.25) is 0 Å². The lowest BCUT2D eigenvalue weighted by molar-refractivity contribution is -0.274. The molecule has 1 aliphatic rings. The number of nitrogens with one attached hydrogen (secondary N) is 1. The third-order valence-corrected chi connectivity index (χ3v) is 3.48. The molecule has 0 saturated carbocycles. The van der Waals surface area contributed by atoms with Crippen LogP contribution in [0.4, 0.5) is 13.2 Å². The summed E-state index contributed by atoms with van der Waals surface area (Å²) >= 11 is 0. The number of aryl methyl sites for hydroxylation is 1. The van der Waals surface area contributed by atoms with Crippen LogP contribution in [0, 0.1) is 0 Å². The maximum atomic E-state index is 12.1. The summed E-state index contributed by atoms with van der Waals surface area (Å²) in [6.45, 7) is 3.18. The molecule has 1 N–H and O–H groups in total. The molecule has 0 bridgehead atoms. The van der Waals surface area contributed by atoms with Gasteiger partial charge in [0.1, 0.15) is 5.75 Å². The van der Waals surface area contributed by atoms with Crippen molar-refractivity contribution in [2.75, 3.05) is 26.2 Å². The van der Waals surface area contributed by atoms with Crippen LogP contribution in [-0.2, 0) is 11.2 Å². The number of alkyl halides is 3. The van der Waals surface area contributed by atoms with Crippen LogP contribution >= 0.6 is 12.4 Å². The summed E-state index contributed by atoms with van der Waals surface area (Å²) in [5, 5.41) is 3.23. The van der Waals surface area contributed by atoms with Gasteiger partial charge in [0, 0.05) is 26.1 Å². The average molecular weight is 353 g/mol. The quantitative estimate of drug-likeness (QED) is 0.906. The van der Waals surface area contributed by atoms with Crippen molar-refractivity contribution in [2.24, 2.45) is 0 Å². The Bertz CT molecular complexity index is 486. The zero-order chi connectivity index (χ0) is 16.0. The van der Waals surface area contributed by atoms with E-state index >= 15 is 0 Å². The minimum atomic E-state index is -4.68. The number of ether oxygens (including phenoxy) is 1. The number of nitrogens with zero attached hydrogens (tertiary/aromatic N) is 1. The molecular formula is C15H20ClF3N2O2. The van der Waals surface area contributed by atoms with Crippen molar-refractivity contribution in [1.82, 2.24) is 10.2 Å². The number of carbonyl (C=O) groups is 1. The predicted octanol–water partition coefficient (Wildman–Crippen LogP) is 2.76. The number of rotatable bonds is 4. The Hall–Kier alpha value is -1.47. The van der Waals surface area contributed by atoms with E-state index in [-0.39, 0.29) is 24.1 Å². The summed E-state index contributed by atoms with van der Waals surface area (Å²) in [7, 11) is 0. The van der Waals surface area contributed by atoms with Gasteiger partial charge in [0.2, 0.25) is 5.91 Å². The van der Waals surface area contributed by atoms with Crippen molar-refractivity contribution in [3.63, 3.8) is 0 Å². The van der Waals surface area contributed by atoms with Crippen LogP contribution in [0.15, 0.2) is 24.3 Å². The van der Waals surface area contributed by atoms with Crippen molar-refractivity contribution in [3.05, 3.63) is 29.8 Å². The van der Waals surface area contributed by atoms with Gasteiger partial charge < -0.3 is 15.0 Å². The zero-order valence-electron chi connectivity index (χ0n) is 12.6. The molecule has 0 spiro atoms. The predicted molar refractivity (Wildman–Crippen MR) is 82.8 cm³/mol. The van der Waals surface area contributed by atoms with Gasteiger partial charge in [-0.2, -0.15) is 0 Å². The van der Waals surface area contributed by atoms with Crippen LogP contribution in [0.3, 0.4) is 0 Å². The SMILES string of the molecule is Cl.O=C(CCc1ccc(OC(F)(F)F)cc1)N1CCCNCC1. The molecule has 1 heterocycles. The van der Waals surface area contributed by atoms with Crippen LogP contribution in [0.5, 0.6) is 5.75 Å². The second-order valence-electron chi connectivity index (χ2n) is 5.18. The Balaban J connectivity index is 0.00000264. The Morgan fingerprint density at radius 3 is 2.52 bits per heavy atom. The van der Waals surface area contributed by atoms with Crippen LogP contribution < -0.4 is 10.1 Å². The van der Waals surface area contributed by atoms with E-state index in [0.29, 0.717) is 19.4 Å². The minimum absolute atomic E-state index is 0. The highest BCUT2D eigenvalue weighted by Gasteiger charge is 2.30. The van der Waals surface area contributed by atoms with Gasteiger partial charge in [-0.05, 0) is 37.1 Å². The molecule has 1 saturated heterocycles. The first-order valence-electron chi connectivity index (χ1n) is 7.27. The van der Waals surface area contributed by atoms with Crippen LogP contribution in [-0.4, -0.2) is 43.3 Å². The van der Waals surface area contributed by atoms with Gasteiger partial charge in [0.15, 0.2) is 0 Å². The summed E-state index contributed by atoms with van der Waals surface area (Å²) in [5.41, 5.74) is 0.816. The molecule has 2 rings (SSSR count). The average Bonchev–Trinajstić information content (AvgIpc) is 2.74. The van der Waals surface area contributed by atoms with Crippen molar-refractivity contribution < 1.29 is 22.7 Å². The molecule has 1 amide bonds. The largest absolute Gasteiger partial charge is 0.573 e. The van der Waals surface area contributed by atoms with Gasteiger partial charge in [-0.1, -0.05) is 12.1 Å². The number of hydrogen-bond donors (Lipinski definition) is 1. The maximum absolute atomic E-state index is 12.1. The van der Waals surface area contributed by atoms with E-state index in [0.717, 1.165) is 31.6 Å². The Labute approximate surface area is 139 Å². The fraction of sp³-hybridized carbons (Fsp3) is 0.533. The first-order chi connectivity index (χ1) is 10.4. The molecule has 4 nitrogen and oxygen atoms in total. The first-order valence-corrected chi connectivity index (χ1v) is 7.27. The summed E-state index contributed by atoms with van der Waals surface area (Å²) in [6, 6.07) is 5.64. The summed E-state index contributed by atoms with van der Waals surface area (Å²) < 4.78 is 40.0. The van der Waals surface area contributed by atoms with E-state index in [1.54, 1.807) is 12.1 Å². The molecule has 0 aliphatic carbocycles. The van der Waals surface area contributed by atoms with Gasteiger partial charge in [0.25, 0.3) is 0 Å². The maximum Gasteiger partial charge on any atom is 0.573 e. The molecule has 1 fully saturated rings. The second-order valence-corrected chi connectivity index (χ2v) is 5.18. The van der Waals surface area contributed by atoms with Gasteiger partial charge in [-0.15, -0.1) is 25.6 Å². The number of amides is 1. The van der Waals surface area contributed by atoms with E-state index in [9.17, 15) is 18.0 Å². The van der Waals surface area contributed by atoms with E-state index in [1.165, 1.54) is 12.1 Å². The zero-order valence-corrected chi connectivity index (χ0v) is 13.4. The molecule has 8 heteroatoms. The van der Waals surface area contributed by atoms with Gasteiger partial charge in [0.05, 0.1) is 0 Å². The van der Waals surface area contributed by atoms with E-state index < -0.39 is 6.36 Å². The molecule has 1 aliphatic heterocycles. The molecule has 1 aromatic rings. The highest BCUT2D eigenvalue weighted by atomic mass is 35.5. The van der Waals surface area contributed by atoms with Crippen molar-refractivity contribution in [2.45, 2.75) is 25.6 Å². The van der Waals surface area contributed by atoms with Crippen molar-refractivity contribution >= 4 is 18.3 Å². The standard InChI is InChI=1S/C15H19F3N2O2.ClH/c16-15(17,18)22-13-5-2-12(3-6-13)4-7-14(21)20-10-1-8-19-9-11-20;/h2-3,5-6,19H,1,4,7-11H2;1H. The molecule has 1 aromatic carbocycles. The van der Waals surface area contributed by atoms with Gasteiger partial charge in [-0.25, -0.2) is 0 Å². The van der Waals surface area contributed by atoms with E-state index in [1.807, 2.05) is 4.90 Å². The Kier molecular flexibility index (Phi) is 7.64. The molecular weight excluding hydrogens is 333 g/mol. The minimum Gasteiger partial charge on any atom is -0.406 e.